The largest absolute Gasteiger partial charge is 0.396 e. The number of Topliss-reactive ketones (excluding diaryl/α,β-unsaturated/α-hetero) is 1. The summed E-state index contributed by atoms with van der Waals surface area (Å²) in [7, 11) is 0. The van der Waals surface area contributed by atoms with Crippen LogP contribution in [0.15, 0.2) is 30.3 Å². The zero-order valence-corrected chi connectivity index (χ0v) is 13.3. The summed E-state index contributed by atoms with van der Waals surface area (Å²) in [6.07, 6.45) is -0.128. The van der Waals surface area contributed by atoms with Crippen LogP contribution in [-0.4, -0.2) is 41.9 Å². The van der Waals surface area contributed by atoms with Crippen molar-refractivity contribution in [2.75, 3.05) is 18.5 Å². The molecule has 1 aromatic carbocycles. The van der Waals surface area contributed by atoms with Gasteiger partial charge in [0.05, 0.1) is 12.6 Å². The minimum absolute atomic E-state index is 0.00901. The Kier molecular flexibility index (Phi) is 6.87. The maximum Gasteiger partial charge on any atom is 0.291 e. The maximum absolute atomic E-state index is 11.8. The minimum Gasteiger partial charge on any atom is -0.396 e. The van der Waals surface area contributed by atoms with Crippen molar-refractivity contribution in [3.63, 3.8) is 0 Å². The third-order valence-electron chi connectivity index (χ3n) is 3.47. The van der Waals surface area contributed by atoms with Crippen molar-refractivity contribution in [3.05, 3.63) is 30.3 Å². The Balaban J connectivity index is 2.39. The molecule has 1 unspecified atom stereocenters. The first-order valence-corrected chi connectivity index (χ1v) is 7.31. The lowest BCUT2D eigenvalue weighted by Gasteiger charge is -2.28. The molecule has 126 valence electrons. The standard InChI is InChI=1S/C16H23N3O4/c1-16(2,10-20)13(17)15(23)18-9-8-12(21)14(22)19-11-6-4-3-5-7-11/h3-7,13,20H,8-10,17H2,1-2H3,(H,18,23)(H,19,22). The number of nitrogens with one attached hydrogen (secondary N) is 2. The Morgan fingerprint density at radius 1 is 1.22 bits per heavy atom. The molecule has 0 aromatic heterocycles. The van der Waals surface area contributed by atoms with Gasteiger partial charge in [0, 0.05) is 24.1 Å². The van der Waals surface area contributed by atoms with Crippen LogP contribution in [0.4, 0.5) is 5.69 Å². The summed E-state index contributed by atoms with van der Waals surface area (Å²) >= 11 is 0. The number of benzene rings is 1. The van der Waals surface area contributed by atoms with Gasteiger partial charge in [-0.25, -0.2) is 0 Å². The average molecular weight is 321 g/mol. The Hall–Kier alpha value is -2.25. The molecule has 0 aliphatic carbocycles. The van der Waals surface area contributed by atoms with Gasteiger partial charge in [-0.15, -0.1) is 0 Å². The first kappa shape index (κ1) is 18.8. The zero-order chi connectivity index (χ0) is 17.5. The van der Waals surface area contributed by atoms with Crippen LogP contribution < -0.4 is 16.4 Å². The van der Waals surface area contributed by atoms with Crippen LogP contribution in [0.3, 0.4) is 0 Å². The molecule has 23 heavy (non-hydrogen) atoms. The van der Waals surface area contributed by atoms with E-state index < -0.39 is 29.1 Å². The van der Waals surface area contributed by atoms with E-state index in [1.165, 1.54) is 0 Å². The number of carbonyl (C=O) groups excluding carboxylic acids is 3. The number of anilines is 1. The molecule has 1 aromatic rings. The lowest BCUT2D eigenvalue weighted by Crippen LogP contribution is -2.51. The van der Waals surface area contributed by atoms with Gasteiger partial charge < -0.3 is 21.5 Å². The second-order valence-corrected chi connectivity index (χ2v) is 5.91. The fraction of sp³-hybridized carbons (Fsp3) is 0.438. The summed E-state index contributed by atoms with van der Waals surface area (Å²) in [5.41, 5.74) is 5.51. The van der Waals surface area contributed by atoms with E-state index in [0.29, 0.717) is 5.69 Å². The molecule has 0 bridgehead atoms. The van der Waals surface area contributed by atoms with Gasteiger partial charge in [-0.3, -0.25) is 14.4 Å². The van der Waals surface area contributed by atoms with Crippen LogP contribution in [0.1, 0.15) is 20.3 Å². The number of aliphatic hydroxyl groups is 1. The van der Waals surface area contributed by atoms with Gasteiger partial charge in [0.2, 0.25) is 11.7 Å². The summed E-state index contributed by atoms with van der Waals surface area (Å²) in [5, 5.41) is 14.1. The molecule has 1 atom stereocenters. The molecule has 2 amide bonds. The van der Waals surface area contributed by atoms with Gasteiger partial charge >= 0.3 is 0 Å². The van der Waals surface area contributed by atoms with E-state index in [-0.39, 0.29) is 19.6 Å². The molecule has 0 heterocycles. The average Bonchev–Trinajstić information content (AvgIpc) is 2.54. The molecule has 0 saturated heterocycles. The Labute approximate surface area is 135 Å². The summed E-state index contributed by atoms with van der Waals surface area (Å²) < 4.78 is 0. The van der Waals surface area contributed by atoms with Crippen LogP contribution in [0.2, 0.25) is 0 Å². The molecule has 0 radical (unpaired) electrons. The number of amides is 2. The normalized spacial score (nSPS) is 12.3. The maximum atomic E-state index is 11.8. The molecule has 7 heteroatoms. The third-order valence-corrected chi connectivity index (χ3v) is 3.47. The molecule has 0 fully saturated rings. The lowest BCUT2D eigenvalue weighted by molar-refractivity contribution is -0.135. The number of hydrogen-bond acceptors (Lipinski definition) is 5. The van der Waals surface area contributed by atoms with E-state index in [2.05, 4.69) is 10.6 Å². The number of ketones is 1. The highest BCUT2D eigenvalue weighted by Crippen LogP contribution is 2.17. The van der Waals surface area contributed by atoms with E-state index in [4.69, 9.17) is 5.73 Å². The van der Waals surface area contributed by atoms with Gasteiger partial charge in [0.1, 0.15) is 0 Å². The summed E-state index contributed by atoms with van der Waals surface area (Å²) in [6.45, 7) is 3.10. The van der Waals surface area contributed by atoms with Crippen LogP contribution in [-0.2, 0) is 14.4 Å². The van der Waals surface area contributed by atoms with Crippen molar-refractivity contribution < 1.29 is 19.5 Å². The number of nitrogens with two attached hydrogens (primary N) is 1. The van der Waals surface area contributed by atoms with E-state index >= 15 is 0 Å². The van der Waals surface area contributed by atoms with Crippen molar-refractivity contribution >= 4 is 23.3 Å². The third kappa shape index (κ3) is 5.80. The predicted molar refractivity (Wildman–Crippen MR) is 86.5 cm³/mol. The van der Waals surface area contributed by atoms with E-state index in [9.17, 15) is 19.5 Å². The van der Waals surface area contributed by atoms with Crippen LogP contribution >= 0.6 is 0 Å². The van der Waals surface area contributed by atoms with Gasteiger partial charge in [-0.2, -0.15) is 0 Å². The highest BCUT2D eigenvalue weighted by Gasteiger charge is 2.31. The molecule has 0 saturated carbocycles. The number of hydrogen-bond donors (Lipinski definition) is 4. The van der Waals surface area contributed by atoms with Crippen LogP contribution in [0.5, 0.6) is 0 Å². The van der Waals surface area contributed by atoms with E-state index in [1.54, 1.807) is 44.2 Å². The minimum atomic E-state index is -0.902. The fourth-order valence-electron chi connectivity index (χ4n) is 1.70. The van der Waals surface area contributed by atoms with E-state index in [0.717, 1.165) is 0 Å². The molecular weight excluding hydrogens is 298 g/mol. The van der Waals surface area contributed by atoms with Crippen LogP contribution in [0.25, 0.3) is 0 Å². The van der Waals surface area contributed by atoms with Gasteiger partial charge in [0.15, 0.2) is 0 Å². The smallest absolute Gasteiger partial charge is 0.291 e. The fourth-order valence-corrected chi connectivity index (χ4v) is 1.70. The summed E-state index contributed by atoms with van der Waals surface area (Å²) in [5.74, 6) is -1.84. The van der Waals surface area contributed by atoms with Crippen molar-refractivity contribution in [2.45, 2.75) is 26.3 Å². The second-order valence-electron chi connectivity index (χ2n) is 5.91. The molecule has 0 aliphatic heterocycles. The summed E-state index contributed by atoms with van der Waals surface area (Å²) in [6, 6.07) is 7.71. The molecule has 7 nitrogen and oxygen atoms in total. The lowest BCUT2D eigenvalue weighted by atomic mass is 9.85. The van der Waals surface area contributed by atoms with Gasteiger partial charge in [0.25, 0.3) is 5.91 Å². The number of rotatable bonds is 8. The van der Waals surface area contributed by atoms with E-state index in [1.807, 2.05) is 0 Å². The van der Waals surface area contributed by atoms with Gasteiger partial charge in [-0.05, 0) is 12.1 Å². The highest BCUT2D eigenvalue weighted by molar-refractivity contribution is 6.40. The Morgan fingerprint density at radius 3 is 2.39 bits per heavy atom. The number of para-hydroxylation sites is 1. The molecule has 0 spiro atoms. The number of carbonyl (C=O) groups is 3. The second kappa shape index (κ2) is 8.40. The number of aliphatic hydroxyl groups excluding tert-OH is 1. The first-order valence-electron chi connectivity index (χ1n) is 7.31. The van der Waals surface area contributed by atoms with Crippen molar-refractivity contribution in [1.29, 1.82) is 0 Å². The van der Waals surface area contributed by atoms with Crippen molar-refractivity contribution in [3.8, 4) is 0 Å². The van der Waals surface area contributed by atoms with Crippen molar-refractivity contribution in [2.24, 2.45) is 11.1 Å². The van der Waals surface area contributed by atoms with Crippen LogP contribution in [0, 0.1) is 5.41 Å². The van der Waals surface area contributed by atoms with Crippen molar-refractivity contribution in [1.82, 2.24) is 5.32 Å². The monoisotopic (exact) mass is 321 g/mol. The zero-order valence-electron chi connectivity index (χ0n) is 13.3. The molecule has 0 aliphatic rings. The predicted octanol–water partition coefficient (Wildman–Crippen LogP) is 0.0463. The molecule has 1 rings (SSSR count). The van der Waals surface area contributed by atoms with Gasteiger partial charge in [-0.1, -0.05) is 32.0 Å². The quantitative estimate of drug-likeness (QED) is 0.504. The Bertz CT molecular complexity index is 558. The Morgan fingerprint density at radius 2 is 1.83 bits per heavy atom. The summed E-state index contributed by atoms with van der Waals surface area (Å²) in [4.78, 5) is 35.2. The highest BCUT2D eigenvalue weighted by atomic mass is 16.3. The first-order chi connectivity index (χ1) is 10.8. The topological polar surface area (TPSA) is 122 Å². The molecular formula is C16H23N3O4. The SMILES string of the molecule is CC(C)(CO)C(N)C(=O)NCCC(=O)C(=O)Nc1ccccc1. The molecule has 5 N–H and O–H groups in total.